The Morgan fingerprint density at radius 3 is 2.87 bits per heavy atom. The Morgan fingerprint density at radius 1 is 1.53 bits per heavy atom. The molecule has 1 aromatic heterocycles. The maximum Gasteiger partial charge on any atom is 0.157 e. The number of rotatable bonds is 2. The molecule has 1 aliphatic rings. The van der Waals surface area contributed by atoms with E-state index < -0.39 is 0 Å². The number of nitrogens with one attached hydrogen (secondary N) is 1. The number of amidine groups is 1. The van der Waals surface area contributed by atoms with Crippen LogP contribution in [0.4, 0.5) is 0 Å². The number of nitrogens with zero attached hydrogens (tertiary/aromatic N) is 2. The second kappa shape index (κ2) is 4.14. The molecule has 3 nitrogen and oxygen atoms in total. The van der Waals surface area contributed by atoms with Gasteiger partial charge in [0.25, 0.3) is 0 Å². The van der Waals surface area contributed by atoms with Crippen LogP contribution in [0, 0.1) is 0 Å². The van der Waals surface area contributed by atoms with Gasteiger partial charge in [-0.3, -0.25) is 4.99 Å². The Morgan fingerprint density at radius 2 is 2.33 bits per heavy atom. The third-order valence-corrected chi connectivity index (χ3v) is 4.41. The summed E-state index contributed by atoms with van der Waals surface area (Å²) in [4.78, 5) is 8.87. The molecule has 1 aromatic rings. The molecule has 0 fully saturated rings. The summed E-state index contributed by atoms with van der Waals surface area (Å²) in [5.74, 6) is 1.08. The lowest BCUT2D eigenvalue weighted by molar-refractivity contribution is 0.486. The van der Waals surface area contributed by atoms with Crippen LogP contribution >= 0.6 is 23.1 Å². The van der Waals surface area contributed by atoms with Gasteiger partial charge < -0.3 is 5.32 Å². The van der Waals surface area contributed by atoms with Crippen molar-refractivity contribution in [2.45, 2.75) is 32.4 Å². The van der Waals surface area contributed by atoms with Gasteiger partial charge in [0.1, 0.15) is 5.01 Å². The summed E-state index contributed by atoms with van der Waals surface area (Å²) in [5.41, 5.74) is -0.121. The lowest BCUT2D eigenvalue weighted by Gasteiger charge is -2.24. The van der Waals surface area contributed by atoms with Crippen molar-refractivity contribution in [3.63, 3.8) is 0 Å². The molecule has 1 unspecified atom stereocenters. The highest BCUT2D eigenvalue weighted by Gasteiger charge is 2.26. The van der Waals surface area contributed by atoms with Gasteiger partial charge in [-0.25, -0.2) is 4.98 Å². The van der Waals surface area contributed by atoms with Crippen molar-refractivity contribution in [2.75, 3.05) is 5.75 Å². The first kappa shape index (κ1) is 11.0. The Kier molecular flexibility index (Phi) is 3.02. The van der Waals surface area contributed by atoms with E-state index in [2.05, 4.69) is 36.1 Å². The molecule has 0 spiro atoms. The zero-order valence-electron chi connectivity index (χ0n) is 9.15. The van der Waals surface area contributed by atoms with Crippen LogP contribution in [0.5, 0.6) is 0 Å². The van der Waals surface area contributed by atoms with Gasteiger partial charge in [-0.2, -0.15) is 0 Å². The summed E-state index contributed by atoms with van der Waals surface area (Å²) < 4.78 is 0. The van der Waals surface area contributed by atoms with E-state index in [4.69, 9.17) is 0 Å². The highest BCUT2D eigenvalue weighted by Crippen LogP contribution is 2.25. The first-order valence-corrected chi connectivity index (χ1v) is 6.83. The number of hydrogen-bond donors (Lipinski definition) is 1. The molecule has 82 valence electrons. The fourth-order valence-electron chi connectivity index (χ4n) is 1.40. The Bertz CT molecular complexity index is 357. The number of aromatic nitrogens is 1. The van der Waals surface area contributed by atoms with Gasteiger partial charge >= 0.3 is 0 Å². The maximum atomic E-state index is 4.53. The van der Waals surface area contributed by atoms with Gasteiger partial charge in [-0.15, -0.1) is 11.3 Å². The minimum atomic E-state index is -0.121. The van der Waals surface area contributed by atoms with Crippen LogP contribution in [0.25, 0.3) is 0 Å². The van der Waals surface area contributed by atoms with Crippen molar-refractivity contribution in [1.29, 1.82) is 0 Å². The third kappa shape index (κ3) is 2.52. The molecule has 1 atom stereocenters. The fraction of sp³-hybridized carbons (Fsp3) is 0.600. The molecule has 2 rings (SSSR count). The van der Waals surface area contributed by atoms with Crippen molar-refractivity contribution in [1.82, 2.24) is 10.3 Å². The molecule has 0 saturated carbocycles. The number of thioether (sulfide) groups is 1. The van der Waals surface area contributed by atoms with Crippen LogP contribution in [-0.2, 0) is 5.54 Å². The maximum absolute atomic E-state index is 4.53. The van der Waals surface area contributed by atoms with E-state index in [9.17, 15) is 0 Å². The van der Waals surface area contributed by atoms with Crippen molar-refractivity contribution in [2.24, 2.45) is 4.99 Å². The number of hydrogen-bond acceptors (Lipinski definition) is 5. The lowest BCUT2D eigenvalue weighted by atomic mass is 10.1. The third-order valence-electron chi connectivity index (χ3n) is 2.19. The second-order valence-electron chi connectivity index (χ2n) is 4.18. The Balaban J connectivity index is 2.08. The first-order chi connectivity index (χ1) is 7.08. The highest BCUT2D eigenvalue weighted by molar-refractivity contribution is 8.14. The van der Waals surface area contributed by atoms with Gasteiger partial charge in [-0.1, -0.05) is 11.8 Å². The van der Waals surface area contributed by atoms with Crippen LogP contribution in [0.3, 0.4) is 0 Å². The monoisotopic (exact) mass is 241 g/mol. The minimum Gasteiger partial charge on any atom is -0.354 e. The molecule has 1 N–H and O–H groups in total. The van der Waals surface area contributed by atoms with Gasteiger partial charge in [-0.05, 0) is 20.8 Å². The standard InChI is InChI=1S/C10H15N3S2/c1-7-6-15-9(12-7)13-10(2,3)8-11-4-5-14-8/h4-5,7H,6H2,1-3H3,(H,12,13). The highest BCUT2D eigenvalue weighted by atomic mass is 32.2. The van der Waals surface area contributed by atoms with Crippen molar-refractivity contribution in [3.8, 4) is 0 Å². The summed E-state index contributed by atoms with van der Waals surface area (Å²) in [5, 5.41) is 7.60. The minimum absolute atomic E-state index is 0.121. The Labute approximate surface area is 98.4 Å². The molecular formula is C10H15N3S2. The van der Waals surface area contributed by atoms with Crippen LogP contribution in [-0.4, -0.2) is 21.9 Å². The van der Waals surface area contributed by atoms with Crippen molar-refractivity contribution in [3.05, 3.63) is 16.6 Å². The van der Waals surface area contributed by atoms with E-state index in [-0.39, 0.29) is 5.54 Å². The topological polar surface area (TPSA) is 37.3 Å². The summed E-state index contributed by atoms with van der Waals surface area (Å²) in [7, 11) is 0. The van der Waals surface area contributed by atoms with E-state index in [0.717, 1.165) is 15.9 Å². The molecule has 0 amide bonds. The molecule has 0 radical (unpaired) electrons. The number of aliphatic imine (C=N–C) groups is 1. The van der Waals surface area contributed by atoms with Gasteiger partial charge in [0.05, 0.1) is 11.6 Å². The van der Waals surface area contributed by atoms with E-state index in [1.807, 2.05) is 11.6 Å². The van der Waals surface area contributed by atoms with E-state index >= 15 is 0 Å². The van der Waals surface area contributed by atoms with E-state index in [0.29, 0.717) is 6.04 Å². The smallest absolute Gasteiger partial charge is 0.157 e. The van der Waals surface area contributed by atoms with Gasteiger partial charge in [0.2, 0.25) is 0 Å². The molecule has 0 bridgehead atoms. The van der Waals surface area contributed by atoms with Crippen LogP contribution in [0.15, 0.2) is 16.6 Å². The molecular weight excluding hydrogens is 226 g/mol. The summed E-state index contributed by atoms with van der Waals surface area (Å²) in [6.07, 6.45) is 1.84. The molecule has 0 aromatic carbocycles. The molecule has 1 aliphatic heterocycles. The molecule has 2 heterocycles. The molecule has 15 heavy (non-hydrogen) atoms. The van der Waals surface area contributed by atoms with Gasteiger partial charge in [0, 0.05) is 17.3 Å². The normalized spacial score (nSPS) is 21.5. The quantitative estimate of drug-likeness (QED) is 0.864. The molecule has 0 saturated heterocycles. The zero-order valence-corrected chi connectivity index (χ0v) is 10.8. The van der Waals surface area contributed by atoms with Gasteiger partial charge in [0.15, 0.2) is 5.17 Å². The molecule has 5 heteroatoms. The van der Waals surface area contributed by atoms with Crippen LogP contribution in [0.1, 0.15) is 25.8 Å². The predicted octanol–water partition coefficient (Wildman–Crippen LogP) is 2.46. The van der Waals surface area contributed by atoms with E-state index in [1.165, 1.54) is 0 Å². The largest absolute Gasteiger partial charge is 0.354 e. The van der Waals surface area contributed by atoms with Crippen molar-refractivity contribution >= 4 is 28.3 Å². The second-order valence-corrected chi connectivity index (χ2v) is 6.08. The van der Waals surface area contributed by atoms with Crippen molar-refractivity contribution < 1.29 is 0 Å². The average Bonchev–Trinajstić information content (AvgIpc) is 2.75. The summed E-state index contributed by atoms with van der Waals surface area (Å²) in [6, 6.07) is 0.435. The number of thiazole rings is 1. The molecule has 0 aliphatic carbocycles. The fourth-order valence-corrected chi connectivity index (χ4v) is 3.17. The van der Waals surface area contributed by atoms with E-state index in [1.54, 1.807) is 23.1 Å². The first-order valence-electron chi connectivity index (χ1n) is 4.97. The predicted molar refractivity (Wildman–Crippen MR) is 67.6 cm³/mol. The van der Waals surface area contributed by atoms with Crippen LogP contribution < -0.4 is 5.32 Å². The Hall–Kier alpha value is -0.550. The lowest BCUT2D eigenvalue weighted by Crippen LogP contribution is -2.39. The SMILES string of the molecule is CC1CSC(NC(C)(C)c2nccs2)=N1. The summed E-state index contributed by atoms with van der Waals surface area (Å²) >= 11 is 3.47. The summed E-state index contributed by atoms with van der Waals surface area (Å²) in [6.45, 7) is 6.41. The average molecular weight is 241 g/mol. The zero-order chi connectivity index (χ0) is 10.9. The van der Waals surface area contributed by atoms with Crippen LogP contribution in [0.2, 0.25) is 0 Å².